The number of ether oxygens (including phenoxy) is 1. The second-order valence-electron chi connectivity index (χ2n) is 6.21. The van der Waals surface area contributed by atoms with Gasteiger partial charge >= 0.3 is 0 Å². The summed E-state index contributed by atoms with van der Waals surface area (Å²) in [5, 5.41) is 3.95. The topological polar surface area (TPSA) is 81.4 Å². The second kappa shape index (κ2) is 7.44. The Balaban J connectivity index is 2.04. The van der Waals surface area contributed by atoms with E-state index in [4.69, 9.17) is 9.26 Å². The minimum atomic E-state index is -3.81. The lowest BCUT2D eigenvalue weighted by Crippen LogP contribution is -2.15. The smallest absolute Gasteiger partial charge is 0.262 e. The molecule has 27 heavy (non-hydrogen) atoms. The maximum absolute atomic E-state index is 13.1. The number of sulfonamides is 1. The predicted molar refractivity (Wildman–Crippen MR) is 105 cm³/mol. The maximum Gasteiger partial charge on any atom is 0.262 e. The first-order chi connectivity index (χ1) is 12.8. The van der Waals surface area contributed by atoms with Crippen molar-refractivity contribution in [2.24, 2.45) is 0 Å². The lowest BCUT2D eigenvalue weighted by atomic mass is 10.0. The molecule has 0 amide bonds. The van der Waals surface area contributed by atoms with Gasteiger partial charge in [0.2, 0.25) is 0 Å². The van der Waals surface area contributed by atoms with E-state index in [9.17, 15) is 8.42 Å². The third-order valence-corrected chi connectivity index (χ3v) is 5.74. The largest absolute Gasteiger partial charge is 0.492 e. The SMILES string of the molecule is CCOc1ccccc1NS(=O)(=O)c1cc(-c2c(C)noc2C)ccc1C. The summed E-state index contributed by atoms with van der Waals surface area (Å²) in [5.74, 6) is 1.14. The van der Waals surface area contributed by atoms with Crippen LogP contribution in [0.15, 0.2) is 51.9 Å². The summed E-state index contributed by atoms with van der Waals surface area (Å²) in [5.41, 5.74) is 3.32. The molecule has 0 aliphatic rings. The van der Waals surface area contributed by atoms with Crippen LogP contribution in [0.3, 0.4) is 0 Å². The highest BCUT2D eigenvalue weighted by atomic mass is 32.2. The second-order valence-corrected chi connectivity index (χ2v) is 7.86. The number of nitrogens with one attached hydrogen (secondary N) is 1. The number of benzene rings is 2. The molecule has 0 atom stereocenters. The lowest BCUT2D eigenvalue weighted by Gasteiger charge is -2.15. The van der Waals surface area contributed by atoms with Gasteiger partial charge in [0.05, 0.1) is 22.9 Å². The maximum atomic E-state index is 13.1. The molecule has 0 radical (unpaired) electrons. The quantitative estimate of drug-likeness (QED) is 0.676. The Kier molecular flexibility index (Phi) is 5.23. The van der Waals surface area contributed by atoms with Gasteiger partial charge in [-0.15, -0.1) is 0 Å². The van der Waals surface area contributed by atoms with Gasteiger partial charge in [0.1, 0.15) is 11.5 Å². The molecule has 0 bridgehead atoms. The van der Waals surface area contributed by atoms with Crippen LogP contribution in [0.5, 0.6) is 5.75 Å². The minimum Gasteiger partial charge on any atom is -0.492 e. The lowest BCUT2D eigenvalue weighted by molar-refractivity contribution is 0.342. The van der Waals surface area contributed by atoms with Gasteiger partial charge in [-0.05, 0) is 57.0 Å². The van der Waals surface area contributed by atoms with E-state index in [2.05, 4.69) is 9.88 Å². The van der Waals surface area contributed by atoms with Gasteiger partial charge in [-0.1, -0.05) is 29.4 Å². The van der Waals surface area contributed by atoms with E-state index < -0.39 is 10.0 Å². The Bertz CT molecular complexity index is 1050. The first-order valence-electron chi connectivity index (χ1n) is 8.62. The fraction of sp³-hybridized carbons (Fsp3) is 0.250. The molecule has 6 nitrogen and oxygen atoms in total. The van der Waals surface area contributed by atoms with E-state index in [0.29, 0.717) is 35.1 Å². The molecule has 1 N–H and O–H groups in total. The van der Waals surface area contributed by atoms with Crippen LogP contribution in [0.1, 0.15) is 23.9 Å². The molecule has 0 saturated heterocycles. The molecule has 0 spiro atoms. The summed E-state index contributed by atoms with van der Waals surface area (Å²) in [6, 6.07) is 12.3. The molecular weight excluding hydrogens is 364 g/mol. The van der Waals surface area contributed by atoms with Crippen molar-refractivity contribution in [3.05, 3.63) is 59.5 Å². The van der Waals surface area contributed by atoms with Crippen molar-refractivity contribution in [2.75, 3.05) is 11.3 Å². The molecule has 0 fully saturated rings. The van der Waals surface area contributed by atoms with Crippen molar-refractivity contribution in [1.29, 1.82) is 0 Å². The molecule has 7 heteroatoms. The van der Waals surface area contributed by atoms with E-state index in [1.165, 1.54) is 0 Å². The molecule has 1 aromatic heterocycles. The third kappa shape index (κ3) is 3.83. The number of aryl methyl sites for hydroxylation is 3. The molecule has 3 rings (SSSR count). The molecule has 0 saturated carbocycles. The zero-order chi connectivity index (χ0) is 19.6. The van der Waals surface area contributed by atoms with E-state index in [0.717, 1.165) is 11.1 Å². The van der Waals surface area contributed by atoms with Crippen molar-refractivity contribution < 1.29 is 17.7 Å². The average molecular weight is 386 g/mol. The molecule has 142 valence electrons. The Hall–Kier alpha value is -2.80. The van der Waals surface area contributed by atoms with E-state index >= 15 is 0 Å². The van der Waals surface area contributed by atoms with Crippen LogP contribution in [0.25, 0.3) is 11.1 Å². The summed E-state index contributed by atoms with van der Waals surface area (Å²) in [6.07, 6.45) is 0. The fourth-order valence-corrected chi connectivity index (χ4v) is 4.31. The van der Waals surface area contributed by atoms with Crippen molar-refractivity contribution in [3.63, 3.8) is 0 Å². The van der Waals surface area contributed by atoms with Gasteiger partial charge in [0.15, 0.2) is 0 Å². The number of nitrogens with zero attached hydrogens (tertiary/aromatic N) is 1. The summed E-state index contributed by atoms with van der Waals surface area (Å²) < 4.78 is 39.5. The molecule has 0 aliphatic carbocycles. The van der Waals surface area contributed by atoms with Crippen molar-refractivity contribution >= 4 is 15.7 Å². The first kappa shape index (κ1) is 19.0. The average Bonchev–Trinajstić information content (AvgIpc) is 2.96. The van der Waals surface area contributed by atoms with Crippen LogP contribution < -0.4 is 9.46 Å². The van der Waals surface area contributed by atoms with E-state index in [1.54, 1.807) is 50.2 Å². The van der Waals surface area contributed by atoms with Gasteiger partial charge in [-0.2, -0.15) is 0 Å². The van der Waals surface area contributed by atoms with Crippen LogP contribution in [-0.4, -0.2) is 20.2 Å². The van der Waals surface area contributed by atoms with Gasteiger partial charge in [0.25, 0.3) is 10.0 Å². The van der Waals surface area contributed by atoms with Crippen LogP contribution in [0.4, 0.5) is 5.69 Å². The standard InChI is InChI=1S/C20H22N2O4S/c1-5-25-18-9-7-6-8-17(18)22-27(23,24)19-12-16(11-10-13(19)2)20-14(3)21-26-15(20)4/h6-12,22H,5H2,1-4H3. The van der Waals surface area contributed by atoms with E-state index in [-0.39, 0.29) is 4.90 Å². The highest BCUT2D eigenvalue weighted by molar-refractivity contribution is 7.92. The van der Waals surface area contributed by atoms with Crippen molar-refractivity contribution in [1.82, 2.24) is 5.16 Å². The van der Waals surface area contributed by atoms with Gasteiger partial charge < -0.3 is 9.26 Å². The minimum absolute atomic E-state index is 0.200. The first-order valence-corrected chi connectivity index (χ1v) is 10.1. The van der Waals surface area contributed by atoms with Crippen LogP contribution in [0.2, 0.25) is 0 Å². The summed E-state index contributed by atoms with van der Waals surface area (Å²) in [7, 11) is -3.81. The van der Waals surface area contributed by atoms with Gasteiger partial charge in [0, 0.05) is 5.56 Å². The van der Waals surface area contributed by atoms with Gasteiger partial charge in [-0.3, -0.25) is 4.72 Å². The monoisotopic (exact) mass is 386 g/mol. The summed E-state index contributed by atoms with van der Waals surface area (Å²) >= 11 is 0. The molecule has 3 aromatic rings. The molecule has 0 unspecified atom stereocenters. The number of anilines is 1. The van der Waals surface area contributed by atoms with Crippen LogP contribution in [0, 0.1) is 20.8 Å². The Morgan fingerprint density at radius 1 is 1.11 bits per heavy atom. The number of para-hydroxylation sites is 2. The van der Waals surface area contributed by atoms with Crippen molar-refractivity contribution in [2.45, 2.75) is 32.6 Å². The molecule has 0 aliphatic heterocycles. The third-order valence-electron chi connectivity index (χ3n) is 4.23. The number of hydrogen-bond acceptors (Lipinski definition) is 5. The zero-order valence-electron chi connectivity index (χ0n) is 15.7. The number of aromatic nitrogens is 1. The Labute approximate surface area is 159 Å². The number of rotatable bonds is 6. The van der Waals surface area contributed by atoms with Gasteiger partial charge in [-0.25, -0.2) is 8.42 Å². The predicted octanol–water partition coefficient (Wildman–Crippen LogP) is 4.47. The number of hydrogen-bond donors (Lipinski definition) is 1. The molecule has 1 heterocycles. The molecule has 2 aromatic carbocycles. The highest BCUT2D eigenvalue weighted by Gasteiger charge is 2.21. The summed E-state index contributed by atoms with van der Waals surface area (Å²) in [4.78, 5) is 0.200. The molecular formula is C20H22N2O4S. The van der Waals surface area contributed by atoms with Crippen molar-refractivity contribution in [3.8, 4) is 16.9 Å². The highest BCUT2D eigenvalue weighted by Crippen LogP contribution is 2.32. The summed E-state index contributed by atoms with van der Waals surface area (Å²) in [6.45, 7) is 7.69. The fourth-order valence-electron chi connectivity index (χ4n) is 2.97. The zero-order valence-corrected chi connectivity index (χ0v) is 16.6. The van der Waals surface area contributed by atoms with Crippen LogP contribution >= 0.6 is 0 Å². The Morgan fingerprint density at radius 2 is 1.85 bits per heavy atom. The normalized spacial score (nSPS) is 11.4. The van der Waals surface area contributed by atoms with Crippen LogP contribution in [-0.2, 0) is 10.0 Å². The Morgan fingerprint density at radius 3 is 2.52 bits per heavy atom. The van der Waals surface area contributed by atoms with E-state index in [1.807, 2.05) is 19.9 Å².